The molecule has 0 radical (unpaired) electrons. The number of benzene rings is 1. The average molecular weight is 218 g/mol. The maximum Gasteiger partial charge on any atom is 0.0629 e. The molecule has 1 aliphatic carbocycles. The highest BCUT2D eigenvalue weighted by atomic mass is 15.1. The molecule has 2 N–H and O–H groups in total. The molecule has 0 unspecified atom stereocenters. The van der Waals surface area contributed by atoms with Crippen LogP contribution in [0.2, 0.25) is 0 Å². The molecule has 1 saturated carbocycles. The lowest BCUT2D eigenvalue weighted by atomic mass is 9.93. The Kier molecular flexibility index (Phi) is 3.37. The van der Waals surface area contributed by atoms with Gasteiger partial charge in [0.15, 0.2) is 0 Å². The van der Waals surface area contributed by atoms with E-state index in [1.165, 1.54) is 43.4 Å². The highest BCUT2D eigenvalue weighted by Gasteiger charge is 2.20. The van der Waals surface area contributed by atoms with E-state index in [0.717, 1.165) is 5.69 Å². The van der Waals surface area contributed by atoms with E-state index in [9.17, 15) is 0 Å². The predicted molar refractivity (Wildman–Crippen MR) is 70.9 cm³/mol. The monoisotopic (exact) mass is 218 g/mol. The molecule has 0 aromatic heterocycles. The zero-order chi connectivity index (χ0) is 11.5. The molecule has 0 saturated heterocycles. The first-order chi connectivity index (χ1) is 7.70. The van der Waals surface area contributed by atoms with E-state index in [4.69, 9.17) is 5.73 Å². The van der Waals surface area contributed by atoms with Gasteiger partial charge in [0.05, 0.1) is 11.4 Å². The number of para-hydroxylation sites is 1. The molecule has 2 rings (SSSR count). The van der Waals surface area contributed by atoms with Gasteiger partial charge >= 0.3 is 0 Å². The molecular weight excluding hydrogens is 196 g/mol. The van der Waals surface area contributed by atoms with Crippen LogP contribution in [0.15, 0.2) is 18.2 Å². The van der Waals surface area contributed by atoms with Gasteiger partial charge in [-0.05, 0) is 31.4 Å². The van der Waals surface area contributed by atoms with Crippen LogP contribution in [0.5, 0.6) is 0 Å². The summed E-state index contributed by atoms with van der Waals surface area (Å²) in [5, 5.41) is 0. The topological polar surface area (TPSA) is 29.3 Å². The van der Waals surface area contributed by atoms with Crippen LogP contribution in [0.4, 0.5) is 11.4 Å². The second-order valence-electron chi connectivity index (χ2n) is 4.92. The largest absolute Gasteiger partial charge is 0.397 e. The molecule has 0 amide bonds. The van der Waals surface area contributed by atoms with Crippen LogP contribution >= 0.6 is 0 Å². The molecule has 0 aliphatic heterocycles. The van der Waals surface area contributed by atoms with Crippen LogP contribution in [0.25, 0.3) is 0 Å². The Morgan fingerprint density at radius 3 is 2.50 bits per heavy atom. The highest BCUT2D eigenvalue weighted by molar-refractivity contribution is 5.71. The molecule has 2 nitrogen and oxygen atoms in total. The van der Waals surface area contributed by atoms with E-state index in [1.54, 1.807) is 0 Å². The fraction of sp³-hybridized carbons (Fsp3) is 0.571. The number of nitrogen functional groups attached to an aromatic ring is 1. The summed E-state index contributed by atoms with van der Waals surface area (Å²) < 4.78 is 0. The number of hydrogen-bond acceptors (Lipinski definition) is 2. The van der Waals surface area contributed by atoms with E-state index in [1.807, 2.05) is 12.1 Å². The number of nitrogens with two attached hydrogens (primary N) is 1. The number of nitrogens with zero attached hydrogens (tertiary/aromatic N) is 1. The quantitative estimate of drug-likeness (QED) is 0.771. The Labute approximate surface area is 98.4 Å². The van der Waals surface area contributed by atoms with Crippen molar-refractivity contribution < 1.29 is 0 Å². The van der Waals surface area contributed by atoms with Crippen molar-refractivity contribution in [1.82, 2.24) is 0 Å². The number of aryl methyl sites for hydroxylation is 1. The normalized spacial score (nSPS) is 17.4. The third-order valence-corrected chi connectivity index (χ3v) is 3.74. The van der Waals surface area contributed by atoms with Crippen molar-refractivity contribution in [3.8, 4) is 0 Å². The summed E-state index contributed by atoms with van der Waals surface area (Å²) in [6, 6.07) is 6.85. The average Bonchev–Trinajstić information content (AvgIpc) is 2.30. The first-order valence-electron chi connectivity index (χ1n) is 6.28. The van der Waals surface area contributed by atoms with Gasteiger partial charge in [-0.15, -0.1) is 0 Å². The summed E-state index contributed by atoms with van der Waals surface area (Å²) in [6.07, 6.45) is 6.74. The molecule has 0 heterocycles. The maximum absolute atomic E-state index is 6.09. The fourth-order valence-electron chi connectivity index (χ4n) is 2.81. The molecule has 0 spiro atoms. The van der Waals surface area contributed by atoms with E-state index in [2.05, 4.69) is 24.9 Å². The van der Waals surface area contributed by atoms with E-state index in [-0.39, 0.29) is 0 Å². The Bertz CT molecular complexity index is 334. The minimum Gasteiger partial charge on any atom is -0.397 e. The molecule has 0 atom stereocenters. The molecule has 2 heteroatoms. The van der Waals surface area contributed by atoms with Gasteiger partial charge in [-0.1, -0.05) is 31.4 Å². The highest BCUT2D eigenvalue weighted by Crippen LogP contribution is 2.32. The minimum atomic E-state index is 0.678. The second kappa shape index (κ2) is 4.77. The maximum atomic E-state index is 6.09. The van der Waals surface area contributed by atoms with E-state index >= 15 is 0 Å². The smallest absolute Gasteiger partial charge is 0.0629 e. The predicted octanol–water partition coefficient (Wildman–Crippen LogP) is 3.35. The summed E-state index contributed by atoms with van der Waals surface area (Å²) in [5.74, 6) is 0. The summed E-state index contributed by atoms with van der Waals surface area (Å²) >= 11 is 0. The zero-order valence-electron chi connectivity index (χ0n) is 10.4. The van der Waals surface area contributed by atoms with Gasteiger partial charge < -0.3 is 10.6 Å². The van der Waals surface area contributed by atoms with Gasteiger partial charge in [0.1, 0.15) is 0 Å². The van der Waals surface area contributed by atoms with Crippen molar-refractivity contribution in [2.75, 3.05) is 17.7 Å². The van der Waals surface area contributed by atoms with Crippen LogP contribution in [0.3, 0.4) is 0 Å². The van der Waals surface area contributed by atoms with Crippen molar-refractivity contribution in [3.05, 3.63) is 23.8 Å². The molecular formula is C14H22N2. The Hall–Kier alpha value is -1.18. The first kappa shape index (κ1) is 11.3. The lowest BCUT2D eigenvalue weighted by molar-refractivity contribution is 0.427. The van der Waals surface area contributed by atoms with Crippen molar-refractivity contribution in [1.29, 1.82) is 0 Å². The zero-order valence-corrected chi connectivity index (χ0v) is 10.4. The SMILES string of the molecule is Cc1cccc(N)c1N(C)C1CCCCC1. The Morgan fingerprint density at radius 1 is 1.19 bits per heavy atom. The van der Waals surface area contributed by atoms with Gasteiger partial charge in [-0.25, -0.2) is 0 Å². The van der Waals surface area contributed by atoms with E-state index in [0.29, 0.717) is 6.04 Å². The summed E-state index contributed by atoms with van der Waals surface area (Å²) in [5.41, 5.74) is 9.51. The van der Waals surface area contributed by atoms with Gasteiger partial charge in [0, 0.05) is 13.1 Å². The number of anilines is 2. The van der Waals surface area contributed by atoms with Crippen molar-refractivity contribution in [2.45, 2.75) is 45.1 Å². The van der Waals surface area contributed by atoms with Crippen LogP contribution in [0.1, 0.15) is 37.7 Å². The molecule has 1 fully saturated rings. The Balaban J connectivity index is 2.22. The third-order valence-electron chi connectivity index (χ3n) is 3.74. The second-order valence-corrected chi connectivity index (χ2v) is 4.92. The molecule has 1 aliphatic rings. The number of hydrogen-bond donors (Lipinski definition) is 1. The molecule has 0 bridgehead atoms. The van der Waals surface area contributed by atoms with Gasteiger partial charge in [0.25, 0.3) is 0 Å². The Morgan fingerprint density at radius 2 is 1.88 bits per heavy atom. The van der Waals surface area contributed by atoms with Gasteiger partial charge in [0.2, 0.25) is 0 Å². The molecule has 88 valence electrons. The molecule has 16 heavy (non-hydrogen) atoms. The number of rotatable bonds is 2. The molecule has 1 aromatic carbocycles. The van der Waals surface area contributed by atoms with Crippen LogP contribution < -0.4 is 10.6 Å². The van der Waals surface area contributed by atoms with Crippen molar-refractivity contribution >= 4 is 11.4 Å². The molecule has 1 aromatic rings. The van der Waals surface area contributed by atoms with Crippen LogP contribution in [-0.2, 0) is 0 Å². The lowest BCUT2D eigenvalue weighted by Gasteiger charge is -2.34. The van der Waals surface area contributed by atoms with Crippen molar-refractivity contribution in [3.63, 3.8) is 0 Å². The lowest BCUT2D eigenvalue weighted by Crippen LogP contribution is -2.34. The van der Waals surface area contributed by atoms with Gasteiger partial charge in [-0.2, -0.15) is 0 Å². The summed E-state index contributed by atoms with van der Waals surface area (Å²) in [4.78, 5) is 2.39. The van der Waals surface area contributed by atoms with Crippen LogP contribution in [0, 0.1) is 6.92 Å². The fourth-order valence-corrected chi connectivity index (χ4v) is 2.81. The first-order valence-corrected chi connectivity index (χ1v) is 6.28. The van der Waals surface area contributed by atoms with Crippen molar-refractivity contribution in [2.24, 2.45) is 0 Å². The van der Waals surface area contributed by atoms with Crippen LogP contribution in [-0.4, -0.2) is 13.1 Å². The summed E-state index contributed by atoms with van der Waals surface area (Å²) in [6.45, 7) is 2.14. The standard InChI is InChI=1S/C14H22N2/c1-11-7-6-10-13(15)14(11)16(2)12-8-4-3-5-9-12/h6-7,10,12H,3-5,8-9,15H2,1-2H3. The minimum absolute atomic E-state index is 0.678. The van der Waals surface area contributed by atoms with Gasteiger partial charge in [-0.3, -0.25) is 0 Å². The van der Waals surface area contributed by atoms with E-state index < -0.39 is 0 Å². The third kappa shape index (κ3) is 2.16. The summed E-state index contributed by atoms with van der Waals surface area (Å²) in [7, 11) is 2.19.